The number of carbonyl (C=O) groups is 3. The maximum Gasteiger partial charge on any atom is 0.305 e. The van der Waals surface area contributed by atoms with E-state index in [1.807, 2.05) is 121 Å². The molecule has 244 valence electrons. The summed E-state index contributed by atoms with van der Waals surface area (Å²) in [5.74, 6) is -1.92. The number of benzene rings is 4. The molecule has 1 fully saturated rings. The summed E-state index contributed by atoms with van der Waals surface area (Å²) in [6.07, 6.45) is -5.85. The summed E-state index contributed by atoms with van der Waals surface area (Å²) in [4.78, 5) is 37.1. The van der Waals surface area contributed by atoms with E-state index in [-0.39, 0.29) is 13.2 Å². The fourth-order valence-electron chi connectivity index (χ4n) is 5.85. The lowest BCUT2D eigenvalue weighted by Gasteiger charge is -2.45. The molecule has 0 amide bonds. The van der Waals surface area contributed by atoms with Crippen LogP contribution in [0.15, 0.2) is 121 Å². The summed E-state index contributed by atoms with van der Waals surface area (Å²) in [6, 6.07) is 38.7. The van der Waals surface area contributed by atoms with E-state index < -0.39 is 54.2 Å². The van der Waals surface area contributed by atoms with Crippen LogP contribution >= 0.6 is 0 Å². The molecule has 4 aromatic carbocycles. The molecule has 0 saturated carbocycles. The highest BCUT2D eigenvalue weighted by Crippen LogP contribution is 2.41. The zero-order valence-corrected chi connectivity index (χ0v) is 26.5. The van der Waals surface area contributed by atoms with Crippen LogP contribution in [-0.2, 0) is 55.0 Å². The van der Waals surface area contributed by atoms with Crippen molar-refractivity contribution >= 4 is 17.9 Å². The van der Waals surface area contributed by atoms with Crippen molar-refractivity contribution < 1.29 is 42.8 Å². The molecule has 1 saturated heterocycles. The van der Waals surface area contributed by atoms with Crippen molar-refractivity contribution in [1.82, 2.24) is 0 Å². The summed E-state index contributed by atoms with van der Waals surface area (Å²) < 4.78 is 36.7. The molecule has 0 spiro atoms. The highest BCUT2D eigenvalue weighted by Gasteiger charge is 2.53. The highest BCUT2D eigenvalue weighted by molar-refractivity contribution is 5.68. The summed E-state index contributed by atoms with van der Waals surface area (Å²) >= 11 is 0. The number of hydrogen-bond acceptors (Lipinski definition) is 9. The quantitative estimate of drug-likeness (QED) is 0.109. The first kappa shape index (κ1) is 33.5. The van der Waals surface area contributed by atoms with Gasteiger partial charge in [0.15, 0.2) is 12.2 Å². The summed E-state index contributed by atoms with van der Waals surface area (Å²) in [5, 5.41) is 0. The van der Waals surface area contributed by atoms with Gasteiger partial charge in [0.1, 0.15) is 17.8 Å². The predicted molar refractivity (Wildman–Crippen MR) is 172 cm³/mol. The largest absolute Gasteiger partial charge is 0.457 e. The Balaban J connectivity index is 1.58. The average Bonchev–Trinajstić information content (AvgIpc) is 3.07. The van der Waals surface area contributed by atoms with Gasteiger partial charge >= 0.3 is 17.9 Å². The SMILES string of the molecule is CC(=O)O[C@H]1O[C@H](COC(c2ccccc2)(c2ccccc2)c2ccccc2)[C@@H](OC(C)=O)[C@H](OCc2ccccc2)[C@H]1OC(C)=O. The molecule has 0 aromatic heterocycles. The van der Waals surface area contributed by atoms with Crippen molar-refractivity contribution in [2.45, 2.75) is 63.7 Å². The van der Waals surface area contributed by atoms with Crippen molar-refractivity contribution in [3.63, 3.8) is 0 Å². The van der Waals surface area contributed by atoms with Gasteiger partial charge < -0.3 is 28.4 Å². The van der Waals surface area contributed by atoms with Gasteiger partial charge in [0.2, 0.25) is 6.29 Å². The van der Waals surface area contributed by atoms with Crippen LogP contribution in [0.25, 0.3) is 0 Å². The van der Waals surface area contributed by atoms with E-state index in [2.05, 4.69) is 0 Å². The molecular weight excluding hydrogens is 600 g/mol. The summed E-state index contributed by atoms with van der Waals surface area (Å²) in [7, 11) is 0. The van der Waals surface area contributed by atoms with Crippen molar-refractivity contribution in [1.29, 1.82) is 0 Å². The fraction of sp³-hybridized carbons (Fsp3) is 0.289. The lowest BCUT2D eigenvalue weighted by atomic mass is 9.80. The third-order valence-electron chi connectivity index (χ3n) is 7.77. The Morgan fingerprint density at radius 2 is 1.00 bits per heavy atom. The van der Waals surface area contributed by atoms with E-state index in [9.17, 15) is 14.4 Å². The Morgan fingerprint density at radius 1 is 0.574 bits per heavy atom. The van der Waals surface area contributed by atoms with Crippen molar-refractivity contribution in [3.8, 4) is 0 Å². The molecule has 1 aliphatic rings. The molecule has 0 bridgehead atoms. The average molecular weight is 639 g/mol. The lowest BCUT2D eigenvalue weighted by Crippen LogP contribution is -2.63. The van der Waals surface area contributed by atoms with E-state index in [0.717, 1.165) is 22.3 Å². The molecule has 5 rings (SSSR count). The minimum absolute atomic E-state index is 0.0867. The van der Waals surface area contributed by atoms with Gasteiger partial charge in [-0.2, -0.15) is 0 Å². The first-order valence-corrected chi connectivity index (χ1v) is 15.4. The summed E-state index contributed by atoms with van der Waals surface area (Å²) in [6.45, 7) is 3.66. The normalized spacial score (nSPS) is 21.0. The third kappa shape index (κ3) is 8.13. The van der Waals surface area contributed by atoms with Crippen LogP contribution in [0.1, 0.15) is 43.0 Å². The van der Waals surface area contributed by atoms with E-state index in [4.69, 9.17) is 28.4 Å². The number of esters is 3. The Morgan fingerprint density at radius 3 is 1.45 bits per heavy atom. The molecule has 0 unspecified atom stereocenters. The zero-order valence-electron chi connectivity index (χ0n) is 26.5. The number of carbonyl (C=O) groups excluding carboxylic acids is 3. The molecule has 0 N–H and O–H groups in total. The molecule has 4 aromatic rings. The van der Waals surface area contributed by atoms with Crippen molar-refractivity contribution in [3.05, 3.63) is 144 Å². The number of ether oxygens (including phenoxy) is 6. The molecule has 9 heteroatoms. The standard InChI is InChI=1S/C38H38O9/c1-26(39)44-34-33(47-37(46-28(3)41)36(45-27(2)40)35(34)42-24-29-16-8-4-9-17-29)25-43-38(30-18-10-5-11-19-30,31-20-12-6-13-21-31)32-22-14-7-15-23-32/h4-23,33-37H,24-25H2,1-3H3/t33-,34-,35+,36-,37+/m1/s1. The number of hydrogen-bond donors (Lipinski definition) is 0. The van der Waals surface area contributed by atoms with Gasteiger partial charge in [0.25, 0.3) is 0 Å². The van der Waals surface area contributed by atoms with Gasteiger partial charge in [-0.25, -0.2) is 0 Å². The van der Waals surface area contributed by atoms with Crippen LogP contribution in [0.3, 0.4) is 0 Å². The van der Waals surface area contributed by atoms with Crippen molar-refractivity contribution in [2.24, 2.45) is 0 Å². The van der Waals surface area contributed by atoms with E-state index in [1.54, 1.807) is 0 Å². The minimum atomic E-state index is -1.38. The monoisotopic (exact) mass is 638 g/mol. The zero-order chi connectivity index (χ0) is 33.2. The third-order valence-corrected chi connectivity index (χ3v) is 7.77. The van der Waals surface area contributed by atoms with E-state index in [0.29, 0.717) is 0 Å². The van der Waals surface area contributed by atoms with E-state index >= 15 is 0 Å². The van der Waals surface area contributed by atoms with Crippen LogP contribution in [0.4, 0.5) is 0 Å². The Bertz CT molecular complexity index is 1500. The molecule has 5 atom stereocenters. The molecule has 0 aliphatic carbocycles. The van der Waals surface area contributed by atoms with Crippen LogP contribution in [-0.4, -0.2) is 55.2 Å². The first-order chi connectivity index (χ1) is 22.8. The maximum atomic E-state index is 12.6. The van der Waals surface area contributed by atoms with Gasteiger partial charge in [-0.15, -0.1) is 0 Å². The van der Waals surface area contributed by atoms with Gasteiger partial charge in [0, 0.05) is 20.8 Å². The molecule has 0 radical (unpaired) electrons. The summed E-state index contributed by atoms with van der Waals surface area (Å²) in [5.41, 5.74) is 2.25. The van der Waals surface area contributed by atoms with Gasteiger partial charge in [-0.05, 0) is 22.3 Å². The Labute approximate surface area is 274 Å². The van der Waals surface area contributed by atoms with Gasteiger partial charge in [-0.3, -0.25) is 14.4 Å². The number of rotatable bonds is 12. The van der Waals surface area contributed by atoms with Gasteiger partial charge in [-0.1, -0.05) is 121 Å². The minimum Gasteiger partial charge on any atom is -0.457 e. The fourth-order valence-corrected chi connectivity index (χ4v) is 5.85. The Hall–Kier alpha value is -4.83. The predicted octanol–water partition coefficient (Wildman–Crippen LogP) is 5.73. The molecule has 9 nitrogen and oxygen atoms in total. The van der Waals surface area contributed by atoms with Crippen LogP contribution in [0.5, 0.6) is 0 Å². The smallest absolute Gasteiger partial charge is 0.305 e. The first-order valence-electron chi connectivity index (χ1n) is 15.4. The van der Waals surface area contributed by atoms with Crippen LogP contribution in [0.2, 0.25) is 0 Å². The molecule has 1 heterocycles. The van der Waals surface area contributed by atoms with E-state index in [1.165, 1.54) is 20.8 Å². The van der Waals surface area contributed by atoms with Crippen LogP contribution < -0.4 is 0 Å². The topological polar surface area (TPSA) is 107 Å². The second kappa shape index (κ2) is 15.6. The second-order valence-corrected chi connectivity index (χ2v) is 11.2. The molecular formula is C38H38O9. The van der Waals surface area contributed by atoms with Crippen molar-refractivity contribution in [2.75, 3.05) is 6.61 Å². The molecule has 47 heavy (non-hydrogen) atoms. The Kier molecular flexibility index (Phi) is 11.2. The second-order valence-electron chi connectivity index (χ2n) is 11.2. The molecule has 1 aliphatic heterocycles. The lowest BCUT2D eigenvalue weighted by molar-refractivity contribution is -0.309. The van der Waals surface area contributed by atoms with Crippen LogP contribution in [0, 0.1) is 0 Å². The van der Waals surface area contributed by atoms with Gasteiger partial charge in [0.05, 0.1) is 13.2 Å². The maximum absolute atomic E-state index is 12.6. The highest BCUT2D eigenvalue weighted by atomic mass is 16.7.